The summed E-state index contributed by atoms with van der Waals surface area (Å²) in [6, 6.07) is 8.98. The average molecular weight is 277 g/mol. The van der Waals surface area contributed by atoms with Gasteiger partial charge in [0.2, 0.25) is 11.8 Å². The summed E-state index contributed by atoms with van der Waals surface area (Å²) in [5, 5.41) is 5.72. The van der Waals surface area contributed by atoms with Crippen molar-refractivity contribution in [1.82, 2.24) is 10.2 Å². The van der Waals surface area contributed by atoms with Crippen molar-refractivity contribution in [2.45, 2.75) is 26.8 Å². The highest BCUT2D eigenvalue weighted by Crippen LogP contribution is 2.03. The summed E-state index contributed by atoms with van der Waals surface area (Å²) in [5.74, 6) is -0.245. The number of carbonyl (C=O) groups excluding carboxylic acids is 2. The largest absolute Gasteiger partial charge is 0.376 e. The quantitative estimate of drug-likeness (QED) is 0.793. The molecule has 0 saturated carbocycles. The van der Waals surface area contributed by atoms with Crippen molar-refractivity contribution in [3.8, 4) is 0 Å². The minimum absolute atomic E-state index is 0.0527. The molecule has 5 heteroatoms. The molecule has 20 heavy (non-hydrogen) atoms. The maximum absolute atomic E-state index is 12.0. The summed E-state index contributed by atoms with van der Waals surface area (Å²) in [6.07, 6.45) is 0. The lowest BCUT2D eigenvalue weighted by atomic mass is 10.2. The van der Waals surface area contributed by atoms with Crippen LogP contribution in [0.2, 0.25) is 0 Å². The third kappa shape index (κ3) is 4.91. The van der Waals surface area contributed by atoms with Crippen LogP contribution in [0.3, 0.4) is 0 Å². The topological polar surface area (TPSA) is 61.4 Å². The van der Waals surface area contributed by atoms with Gasteiger partial charge in [0.1, 0.15) is 6.04 Å². The Morgan fingerprint density at radius 1 is 1.15 bits per heavy atom. The normalized spacial score (nSPS) is 11.6. The fourth-order valence-corrected chi connectivity index (χ4v) is 1.90. The van der Waals surface area contributed by atoms with Crippen LogP contribution < -0.4 is 10.6 Å². The molecular formula is C15H23N3O2. The molecule has 110 valence electrons. The molecule has 0 saturated heterocycles. The first-order chi connectivity index (χ1) is 9.58. The fourth-order valence-electron chi connectivity index (χ4n) is 1.90. The molecule has 0 bridgehead atoms. The van der Waals surface area contributed by atoms with Crippen LogP contribution in [0.1, 0.15) is 20.8 Å². The molecule has 0 radical (unpaired) electrons. The van der Waals surface area contributed by atoms with Crippen molar-refractivity contribution < 1.29 is 9.59 Å². The van der Waals surface area contributed by atoms with Crippen LogP contribution in [0.5, 0.6) is 0 Å². The molecule has 2 amide bonds. The Labute approximate surface area is 120 Å². The van der Waals surface area contributed by atoms with E-state index in [2.05, 4.69) is 10.6 Å². The first kappa shape index (κ1) is 16.0. The Bertz CT molecular complexity index is 430. The number of benzene rings is 1. The molecule has 0 aliphatic heterocycles. The molecule has 5 nitrogen and oxygen atoms in total. The van der Waals surface area contributed by atoms with E-state index < -0.39 is 6.04 Å². The lowest BCUT2D eigenvalue weighted by molar-refractivity contribution is -0.135. The summed E-state index contributed by atoms with van der Waals surface area (Å²) in [6.45, 7) is 7.01. The highest BCUT2D eigenvalue weighted by Gasteiger charge is 2.19. The monoisotopic (exact) mass is 277 g/mol. The van der Waals surface area contributed by atoms with Gasteiger partial charge < -0.3 is 15.5 Å². The molecule has 0 aliphatic rings. The van der Waals surface area contributed by atoms with E-state index in [-0.39, 0.29) is 18.4 Å². The van der Waals surface area contributed by atoms with Gasteiger partial charge in [0.25, 0.3) is 0 Å². The number of hydrogen-bond donors (Lipinski definition) is 2. The van der Waals surface area contributed by atoms with Gasteiger partial charge in [-0.2, -0.15) is 0 Å². The molecule has 0 aliphatic carbocycles. The second kappa shape index (κ2) is 8.19. The maximum atomic E-state index is 12.0. The Balaban J connectivity index is 2.40. The summed E-state index contributed by atoms with van der Waals surface area (Å²) < 4.78 is 0. The van der Waals surface area contributed by atoms with Crippen LogP contribution in [0.15, 0.2) is 30.3 Å². The molecule has 2 N–H and O–H groups in total. The second-order valence-electron chi connectivity index (χ2n) is 4.52. The molecule has 1 unspecified atom stereocenters. The Hall–Kier alpha value is -2.04. The van der Waals surface area contributed by atoms with E-state index in [0.717, 1.165) is 5.69 Å². The molecule has 0 fully saturated rings. The van der Waals surface area contributed by atoms with Gasteiger partial charge in [-0.3, -0.25) is 9.59 Å². The lowest BCUT2D eigenvalue weighted by Crippen LogP contribution is -2.48. The molecular weight excluding hydrogens is 254 g/mol. The zero-order valence-electron chi connectivity index (χ0n) is 12.3. The van der Waals surface area contributed by atoms with Gasteiger partial charge in [-0.05, 0) is 32.9 Å². The number of hydrogen-bond acceptors (Lipinski definition) is 3. The van der Waals surface area contributed by atoms with Crippen LogP contribution in [0.4, 0.5) is 5.69 Å². The van der Waals surface area contributed by atoms with E-state index in [1.165, 1.54) is 0 Å². The summed E-state index contributed by atoms with van der Waals surface area (Å²) in [4.78, 5) is 25.5. The first-order valence-corrected chi connectivity index (χ1v) is 6.95. The number of carbonyl (C=O) groups is 2. The van der Waals surface area contributed by atoms with Crippen LogP contribution >= 0.6 is 0 Å². The van der Waals surface area contributed by atoms with Crippen LogP contribution in [0.25, 0.3) is 0 Å². The predicted octanol–water partition coefficient (Wildman–Crippen LogP) is 1.47. The van der Waals surface area contributed by atoms with Crippen LogP contribution in [-0.4, -0.2) is 42.4 Å². The zero-order chi connectivity index (χ0) is 15.0. The molecule has 1 rings (SSSR count). The minimum Gasteiger partial charge on any atom is -0.376 e. The third-order valence-electron chi connectivity index (χ3n) is 3.05. The number of rotatable bonds is 7. The van der Waals surface area contributed by atoms with E-state index in [1.807, 2.05) is 44.2 Å². The minimum atomic E-state index is -0.500. The third-order valence-corrected chi connectivity index (χ3v) is 3.05. The number of anilines is 1. The number of para-hydroxylation sites is 1. The number of likely N-dealkylation sites (N-methyl/N-ethyl adjacent to an activating group) is 1. The summed E-state index contributed by atoms with van der Waals surface area (Å²) in [7, 11) is 0. The predicted molar refractivity (Wildman–Crippen MR) is 80.5 cm³/mol. The van der Waals surface area contributed by atoms with E-state index in [1.54, 1.807) is 11.8 Å². The van der Waals surface area contributed by atoms with Crippen LogP contribution in [-0.2, 0) is 9.59 Å². The fraction of sp³-hybridized carbons (Fsp3) is 0.467. The number of nitrogens with zero attached hydrogens (tertiary/aromatic N) is 1. The van der Waals surface area contributed by atoms with Crippen molar-refractivity contribution >= 4 is 17.5 Å². The number of amides is 2. The van der Waals surface area contributed by atoms with Crippen molar-refractivity contribution in [2.75, 3.05) is 25.0 Å². The Kier molecular flexibility index (Phi) is 6.56. The first-order valence-electron chi connectivity index (χ1n) is 6.95. The smallest absolute Gasteiger partial charge is 0.244 e. The van der Waals surface area contributed by atoms with Crippen molar-refractivity contribution in [1.29, 1.82) is 0 Å². The molecule has 0 spiro atoms. The molecule has 1 aromatic rings. The van der Waals surface area contributed by atoms with E-state index in [4.69, 9.17) is 0 Å². The van der Waals surface area contributed by atoms with Gasteiger partial charge in [0.05, 0.1) is 6.54 Å². The average Bonchev–Trinajstić information content (AvgIpc) is 2.47. The zero-order valence-corrected chi connectivity index (χ0v) is 12.3. The van der Waals surface area contributed by atoms with Gasteiger partial charge in [-0.15, -0.1) is 0 Å². The second-order valence-corrected chi connectivity index (χ2v) is 4.52. The van der Waals surface area contributed by atoms with Gasteiger partial charge in [-0.1, -0.05) is 18.2 Å². The lowest BCUT2D eigenvalue weighted by Gasteiger charge is -2.23. The molecule has 1 atom stereocenters. The Morgan fingerprint density at radius 2 is 1.75 bits per heavy atom. The van der Waals surface area contributed by atoms with Crippen molar-refractivity contribution in [2.24, 2.45) is 0 Å². The van der Waals surface area contributed by atoms with E-state index >= 15 is 0 Å². The Morgan fingerprint density at radius 3 is 2.30 bits per heavy atom. The highest BCUT2D eigenvalue weighted by atomic mass is 16.2. The maximum Gasteiger partial charge on any atom is 0.244 e. The van der Waals surface area contributed by atoms with E-state index in [0.29, 0.717) is 13.1 Å². The highest BCUT2D eigenvalue weighted by molar-refractivity contribution is 5.88. The SMILES string of the molecule is CCN(CC)C(=O)C(C)NC(=O)CNc1ccccc1. The summed E-state index contributed by atoms with van der Waals surface area (Å²) >= 11 is 0. The number of nitrogens with one attached hydrogen (secondary N) is 2. The van der Waals surface area contributed by atoms with E-state index in [9.17, 15) is 9.59 Å². The molecule has 1 aromatic carbocycles. The van der Waals surface area contributed by atoms with Gasteiger partial charge in [0.15, 0.2) is 0 Å². The van der Waals surface area contributed by atoms with Gasteiger partial charge in [-0.25, -0.2) is 0 Å². The van der Waals surface area contributed by atoms with Crippen LogP contribution in [0, 0.1) is 0 Å². The molecule has 0 heterocycles. The van der Waals surface area contributed by atoms with Crippen molar-refractivity contribution in [3.05, 3.63) is 30.3 Å². The summed E-state index contributed by atoms with van der Waals surface area (Å²) in [5.41, 5.74) is 0.880. The molecule has 0 aromatic heterocycles. The van der Waals surface area contributed by atoms with Gasteiger partial charge in [0, 0.05) is 18.8 Å². The van der Waals surface area contributed by atoms with Gasteiger partial charge >= 0.3 is 0 Å². The van der Waals surface area contributed by atoms with Crippen molar-refractivity contribution in [3.63, 3.8) is 0 Å². The standard InChI is InChI=1S/C15H23N3O2/c1-4-18(5-2)15(20)12(3)17-14(19)11-16-13-9-7-6-8-10-13/h6-10,12,16H,4-5,11H2,1-3H3,(H,17,19).